The number of aliphatic imine (C=N–C) groups is 1. The van der Waals surface area contributed by atoms with Crippen LogP contribution in [0, 0.1) is 11.7 Å². The second kappa shape index (κ2) is 13.7. The van der Waals surface area contributed by atoms with Crippen LogP contribution in [-0.2, 0) is 14.3 Å². The molecule has 0 spiro atoms. The highest BCUT2D eigenvalue weighted by Crippen LogP contribution is 2.12. The SMILES string of the molecule is CN=C(NCCCOCC1CCOC1)NCC(=O)Nc1cccc(F)c1.I. The first-order valence-electron chi connectivity index (χ1n) is 8.83. The number of amides is 1. The third-order valence-electron chi connectivity index (χ3n) is 3.88. The molecule has 2 rings (SSSR count). The van der Waals surface area contributed by atoms with Gasteiger partial charge in [-0.15, -0.1) is 24.0 Å². The topological polar surface area (TPSA) is 84.0 Å². The molecule has 3 N–H and O–H groups in total. The number of anilines is 1. The monoisotopic (exact) mass is 494 g/mol. The van der Waals surface area contributed by atoms with E-state index in [1.807, 2.05) is 0 Å². The molecule has 7 nitrogen and oxygen atoms in total. The van der Waals surface area contributed by atoms with Gasteiger partial charge in [0.1, 0.15) is 5.82 Å². The van der Waals surface area contributed by atoms with E-state index < -0.39 is 5.82 Å². The molecule has 9 heteroatoms. The van der Waals surface area contributed by atoms with E-state index in [2.05, 4.69) is 20.9 Å². The molecule has 1 amide bonds. The van der Waals surface area contributed by atoms with Crippen molar-refractivity contribution in [1.29, 1.82) is 0 Å². The first-order chi connectivity index (χ1) is 12.7. The van der Waals surface area contributed by atoms with Crippen molar-refractivity contribution >= 4 is 41.5 Å². The summed E-state index contributed by atoms with van der Waals surface area (Å²) in [5.41, 5.74) is 0.421. The highest BCUT2D eigenvalue weighted by Gasteiger charge is 2.15. The Morgan fingerprint density at radius 3 is 2.96 bits per heavy atom. The van der Waals surface area contributed by atoms with Crippen molar-refractivity contribution in [3.63, 3.8) is 0 Å². The van der Waals surface area contributed by atoms with Gasteiger partial charge in [-0.2, -0.15) is 0 Å². The lowest BCUT2D eigenvalue weighted by atomic mass is 10.1. The van der Waals surface area contributed by atoms with E-state index in [0.717, 1.165) is 32.7 Å². The minimum atomic E-state index is -0.393. The van der Waals surface area contributed by atoms with E-state index in [0.29, 0.717) is 30.7 Å². The Labute approximate surface area is 176 Å². The van der Waals surface area contributed by atoms with E-state index in [9.17, 15) is 9.18 Å². The number of halogens is 2. The van der Waals surface area contributed by atoms with Gasteiger partial charge in [0, 0.05) is 38.4 Å². The number of carbonyl (C=O) groups excluding carboxylic acids is 1. The Morgan fingerprint density at radius 2 is 2.26 bits per heavy atom. The second-order valence-electron chi connectivity index (χ2n) is 6.07. The molecule has 0 radical (unpaired) electrons. The standard InChI is InChI=1S/C18H27FN4O3.HI/c1-20-18(21-7-3-8-25-12-14-6-9-26-13-14)22-11-17(24)23-16-5-2-4-15(19)10-16;/h2,4-5,10,14H,3,6-9,11-13H2,1H3,(H,23,24)(H2,20,21,22);1H. The van der Waals surface area contributed by atoms with Gasteiger partial charge >= 0.3 is 0 Å². The molecule has 0 aromatic heterocycles. The zero-order chi connectivity index (χ0) is 18.6. The zero-order valence-electron chi connectivity index (χ0n) is 15.5. The van der Waals surface area contributed by atoms with Crippen molar-refractivity contribution in [3.8, 4) is 0 Å². The van der Waals surface area contributed by atoms with Crippen LogP contribution in [0.3, 0.4) is 0 Å². The summed E-state index contributed by atoms with van der Waals surface area (Å²) in [7, 11) is 1.64. The number of hydrogen-bond donors (Lipinski definition) is 3. The van der Waals surface area contributed by atoms with Crippen LogP contribution in [-0.4, -0.2) is 58.4 Å². The van der Waals surface area contributed by atoms with E-state index in [-0.39, 0.29) is 36.4 Å². The van der Waals surface area contributed by atoms with E-state index >= 15 is 0 Å². The molecule has 1 aliphatic heterocycles. The molecule has 1 heterocycles. The largest absolute Gasteiger partial charge is 0.381 e. The summed E-state index contributed by atoms with van der Waals surface area (Å²) in [5.74, 6) is 0.383. The average Bonchev–Trinajstić information content (AvgIpc) is 3.14. The van der Waals surface area contributed by atoms with Crippen LogP contribution in [0.4, 0.5) is 10.1 Å². The first-order valence-corrected chi connectivity index (χ1v) is 8.83. The first kappa shape index (κ1) is 23.6. The van der Waals surface area contributed by atoms with Crippen molar-refractivity contribution < 1.29 is 18.7 Å². The molecule has 0 aliphatic carbocycles. The molecule has 27 heavy (non-hydrogen) atoms. The molecule has 1 atom stereocenters. The quantitative estimate of drug-likeness (QED) is 0.212. The van der Waals surface area contributed by atoms with Crippen LogP contribution in [0.1, 0.15) is 12.8 Å². The molecule has 0 bridgehead atoms. The maximum Gasteiger partial charge on any atom is 0.243 e. The summed E-state index contributed by atoms with van der Waals surface area (Å²) in [6.07, 6.45) is 1.91. The highest BCUT2D eigenvalue weighted by atomic mass is 127. The van der Waals surface area contributed by atoms with Gasteiger partial charge in [0.25, 0.3) is 0 Å². The van der Waals surface area contributed by atoms with Crippen LogP contribution in [0.2, 0.25) is 0 Å². The summed E-state index contributed by atoms with van der Waals surface area (Å²) in [5, 5.41) is 8.65. The molecule has 1 aliphatic rings. The van der Waals surface area contributed by atoms with Gasteiger partial charge in [-0.05, 0) is 31.0 Å². The van der Waals surface area contributed by atoms with Gasteiger partial charge in [0.15, 0.2) is 5.96 Å². The number of ether oxygens (including phenoxy) is 2. The fraction of sp³-hybridized carbons (Fsp3) is 0.556. The van der Waals surface area contributed by atoms with Gasteiger partial charge in [0.2, 0.25) is 5.91 Å². The van der Waals surface area contributed by atoms with Gasteiger partial charge in [-0.1, -0.05) is 6.07 Å². The Morgan fingerprint density at radius 1 is 1.41 bits per heavy atom. The molecule has 1 saturated heterocycles. The Hall–Kier alpha value is -1.46. The van der Waals surface area contributed by atoms with Crippen molar-refractivity contribution in [1.82, 2.24) is 10.6 Å². The van der Waals surface area contributed by atoms with Crippen LogP contribution in [0.25, 0.3) is 0 Å². The maximum atomic E-state index is 13.1. The van der Waals surface area contributed by atoms with Crippen LogP contribution in [0.15, 0.2) is 29.3 Å². The smallest absolute Gasteiger partial charge is 0.243 e. The predicted octanol–water partition coefficient (Wildman–Crippen LogP) is 1.99. The van der Waals surface area contributed by atoms with Crippen molar-refractivity contribution in [2.24, 2.45) is 10.9 Å². The molecule has 1 unspecified atom stereocenters. The zero-order valence-corrected chi connectivity index (χ0v) is 17.8. The molecule has 1 aromatic carbocycles. The lowest BCUT2D eigenvalue weighted by Crippen LogP contribution is -2.41. The van der Waals surface area contributed by atoms with Gasteiger partial charge < -0.3 is 25.4 Å². The Balaban J connectivity index is 0.00000364. The van der Waals surface area contributed by atoms with Gasteiger partial charge in [-0.3, -0.25) is 9.79 Å². The summed E-state index contributed by atoms with van der Waals surface area (Å²) in [4.78, 5) is 15.9. The molecular formula is C18H28FIN4O3. The lowest BCUT2D eigenvalue weighted by molar-refractivity contribution is -0.115. The van der Waals surface area contributed by atoms with Gasteiger partial charge in [0.05, 0.1) is 19.8 Å². The molecule has 152 valence electrons. The third kappa shape index (κ3) is 9.87. The van der Waals surface area contributed by atoms with E-state index in [4.69, 9.17) is 9.47 Å². The number of hydrogen-bond acceptors (Lipinski definition) is 4. The van der Waals surface area contributed by atoms with Crippen molar-refractivity contribution in [2.75, 3.05) is 51.9 Å². The molecule has 0 saturated carbocycles. The predicted molar refractivity (Wildman–Crippen MR) is 114 cm³/mol. The van der Waals surface area contributed by atoms with Crippen LogP contribution < -0.4 is 16.0 Å². The van der Waals surface area contributed by atoms with Crippen molar-refractivity contribution in [2.45, 2.75) is 12.8 Å². The number of carbonyl (C=O) groups is 1. The summed E-state index contributed by atoms with van der Waals surface area (Å²) in [6, 6.07) is 5.76. The fourth-order valence-electron chi connectivity index (χ4n) is 2.50. The van der Waals surface area contributed by atoms with Gasteiger partial charge in [-0.25, -0.2) is 4.39 Å². The number of nitrogens with one attached hydrogen (secondary N) is 3. The summed E-state index contributed by atoms with van der Waals surface area (Å²) >= 11 is 0. The Kier molecular flexibility index (Phi) is 11.9. The van der Waals surface area contributed by atoms with Crippen LogP contribution in [0.5, 0.6) is 0 Å². The molecule has 1 aromatic rings. The second-order valence-corrected chi connectivity index (χ2v) is 6.07. The normalized spacial score (nSPS) is 16.5. The lowest BCUT2D eigenvalue weighted by Gasteiger charge is -2.13. The number of guanidine groups is 1. The summed E-state index contributed by atoms with van der Waals surface area (Å²) < 4.78 is 24.0. The fourth-order valence-corrected chi connectivity index (χ4v) is 2.50. The van der Waals surface area contributed by atoms with Crippen LogP contribution >= 0.6 is 24.0 Å². The number of rotatable bonds is 9. The molecular weight excluding hydrogens is 466 g/mol. The maximum absolute atomic E-state index is 13.1. The average molecular weight is 494 g/mol. The molecule has 1 fully saturated rings. The Bertz CT molecular complexity index is 598. The third-order valence-corrected chi connectivity index (χ3v) is 3.88. The van der Waals surface area contributed by atoms with Crippen molar-refractivity contribution in [3.05, 3.63) is 30.1 Å². The highest BCUT2D eigenvalue weighted by molar-refractivity contribution is 14.0. The number of nitrogens with zero attached hydrogens (tertiary/aromatic N) is 1. The summed E-state index contributed by atoms with van der Waals surface area (Å²) in [6.45, 7) is 3.77. The minimum absolute atomic E-state index is 0. The van der Waals surface area contributed by atoms with E-state index in [1.165, 1.54) is 12.1 Å². The minimum Gasteiger partial charge on any atom is -0.381 e. The number of benzene rings is 1. The van der Waals surface area contributed by atoms with E-state index in [1.54, 1.807) is 19.2 Å².